The highest BCUT2D eigenvalue weighted by atomic mass is 32.1. The summed E-state index contributed by atoms with van der Waals surface area (Å²) in [7, 11) is 0. The van der Waals surface area contributed by atoms with E-state index < -0.39 is 0 Å². The van der Waals surface area contributed by atoms with Crippen LogP contribution in [0.1, 0.15) is 35.5 Å². The number of amides is 2. The molecule has 0 radical (unpaired) electrons. The van der Waals surface area contributed by atoms with Crippen molar-refractivity contribution in [2.45, 2.75) is 25.7 Å². The smallest absolute Gasteiger partial charge is 0.293 e. The number of thiazole rings is 1. The maximum absolute atomic E-state index is 12.2. The predicted octanol–water partition coefficient (Wildman–Crippen LogP) is 2.54. The van der Waals surface area contributed by atoms with Crippen molar-refractivity contribution in [2.24, 2.45) is 0 Å². The Morgan fingerprint density at radius 1 is 1.32 bits per heavy atom. The van der Waals surface area contributed by atoms with Crippen LogP contribution in [0.5, 0.6) is 0 Å². The molecule has 1 fully saturated rings. The molecule has 22 heavy (non-hydrogen) atoms. The summed E-state index contributed by atoms with van der Waals surface area (Å²) in [4.78, 5) is 30.2. The van der Waals surface area contributed by atoms with Gasteiger partial charge in [0, 0.05) is 18.5 Å². The Bertz CT molecular complexity index is 645. The molecule has 116 valence electrons. The molecule has 1 aliphatic heterocycles. The van der Waals surface area contributed by atoms with Crippen molar-refractivity contribution >= 4 is 28.3 Å². The molecule has 2 aromatic rings. The van der Waals surface area contributed by atoms with Gasteiger partial charge in [-0.3, -0.25) is 14.9 Å². The number of nitrogens with zero attached hydrogens (tertiary/aromatic N) is 2. The third kappa shape index (κ3) is 3.54. The molecule has 7 heteroatoms. The van der Waals surface area contributed by atoms with Crippen molar-refractivity contribution in [1.82, 2.24) is 9.88 Å². The highest BCUT2D eigenvalue weighted by Crippen LogP contribution is 2.18. The number of hydrogen-bond donors (Lipinski definition) is 1. The number of carbonyl (C=O) groups excluding carboxylic acids is 2. The molecule has 0 unspecified atom stereocenters. The zero-order chi connectivity index (χ0) is 15.4. The number of piperidine rings is 1. The average Bonchev–Trinajstić information content (AvgIpc) is 3.20. The van der Waals surface area contributed by atoms with Crippen molar-refractivity contribution in [2.75, 3.05) is 18.4 Å². The van der Waals surface area contributed by atoms with Gasteiger partial charge in [-0.25, -0.2) is 4.98 Å². The van der Waals surface area contributed by atoms with Gasteiger partial charge in [-0.05, 0) is 31.4 Å². The monoisotopic (exact) mass is 319 g/mol. The van der Waals surface area contributed by atoms with Crippen molar-refractivity contribution in [3.8, 4) is 0 Å². The van der Waals surface area contributed by atoms with Crippen LogP contribution < -0.4 is 5.32 Å². The summed E-state index contributed by atoms with van der Waals surface area (Å²) in [5.41, 5.74) is 0.690. The van der Waals surface area contributed by atoms with E-state index in [0.29, 0.717) is 10.8 Å². The van der Waals surface area contributed by atoms with Gasteiger partial charge in [-0.2, -0.15) is 0 Å². The minimum Gasteiger partial charge on any atom is -0.459 e. The van der Waals surface area contributed by atoms with Crippen LogP contribution in [0, 0.1) is 0 Å². The Morgan fingerprint density at radius 2 is 2.14 bits per heavy atom. The molecule has 0 atom stereocenters. The fourth-order valence-electron chi connectivity index (χ4n) is 2.42. The van der Waals surface area contributed by atoms with E-state index in [1.807, 2.05) is 4.90 Å². The second-order valence-electron chi connectivity index (χ2n) is 5.19. The van der Waals surface area contributed by atoms with Gasteiger partial charge in [0.2, 0.25) is 5.91 Å². The van der Waals surface area contributed by atoms with Crippen LogP contribution in [0.3, 0.4) is 0 Å². The molecule has 2 aromatic heterocycles. The molecule has 3 heterocycles. The second-order valence-corrected chi connectivity index (χ2v) is 6.05. The predicted molar refractivity (Wildman–Crippen MR) is 82.9 cm³/mol. The lowest BCUT2D eigenvalue weighted by Gasteiger charge is -2.26. The zero-order valence-electron chi connectivity index (χ0n) is 12.1. The number of rotatable bonds is 4. The lowest BCUT2D eigenvalue weighted by molar-refractivity contribution is -0.131. The quantitative estimate of drug-likeness (QED) is 0.939. The Kier molecular flexibility index (Phi) is 4.53. The van der Waals surface area contributed by atoms with E-state index in [9.17, 15) is 9.59 Å². The van der Waals surface area contributed by atoms with Gasteiger partial charge >= 0.3 is 0 Å². The molecule has 0 aliphatic carbocycles. The summed E-state index contributed by atoms with van der Waals surface area (Å²) >= 11 is 1.31. The first-order chi connectivity index (χ1) is 10.7. The fraction of sp³-hybridized carbons (Fsp3) is 0.400. The third-order valence-electron chi connectivity index (χ3n) is 3.56. The standard InChI is InChI=1S/C15H17N3O3S/c19-13(18-6-2-1-3-7-18)9-11-10-22-15(16-11)17-14(20)12-5-4-8-21-12/h4-5,8,10H,1-3,6-7,9H2,(H,16,17,20). The highest BCUT2D eigenvalue weighted by Gasteiger charge is 2.18. The number of nitrogens with one attached hydrogen (secondary N) is 1. The molecule has 1 aliphatic rings. The van der Waals surface area contributed by atoms with Gasteiger partial charge in [0.15, 0.2) is 10.9 Å². The van der Waals surface area contributed by atoms with Crippen molar-refractivity contribution < 1.29 is 14.0 Å². The maximum Gasteiger partial charge on any atom is 0.293 e. The van der Waals surface area contributed by atoms with Gasteiger partial charge in [-0.1, -0.05) is 0 Å². The Hall–Kier alpha value is -2.15. The minimum absolute atomic E-state index is 0.105. The number of hydrogen-bond acceptors (Lipinski definition) is 5. The number of furan rings is 1. The van der Waals surface area contributed by atoms with Crippen LogP contribution in [0.2, 0.25) is 0 Å². The zero-order valence-corrected chi connectivity index (χ0v) is 12.9. The van der Waals surface area contributed by atoms with E-state index in [0.717, 1.165) is 25.9 Å². The van der Waals surface area contributed by atoms with Crippen LogP contribution in [-0.4, -0.2) is 34.8 Å². The van der Waals surface area contributed by atoms with Crippen LogP contribution in [0.25, 0.3) is 0 Å². The first-order valence-corrected chi connectivity index (χ1v) is 8.17. The lowest BCUT2D eigenvalue weighted by atomic mass is 10.1. The van der Waals surface area contributed by atoms with E-state index in [1.54, 1.807) is 17.5 Å². The largest absolute Gasteiger partial charge is 0.459 e. The van der Waals surface area contributed by atoms with E-state index >= 15 is 0 Å². The van der Waals surface area contributed by atoms with E-state index in [4.69, 9.17) is 4.42 Å². The summed E-state index contributed by atoms with van der Waals surface area (Å²) < 4.78 is 5.02. The molecule has 6 nitrogen and oxygen atoms in total. The minimum atomic E-state index is -0.340. The molecule has 0 saturated carbocycles. The summed E-state index contributed by atoms with van der Waals surface area (Å²) in [6, 6.07) is 3.24. The summed E-state index contributed by atoms with van der Waals surface area (Å²) in [6.07, 6.45) is 5.08. The Morgan fingerprint density at radius 3 is 2.86 bits per heavy atom. The Labute approximate surface area is 132 Å². The normalized spacial score (nSPS) is 14.8. The van der Waals surface area contributed by atoms with Crippen molar-refractivity contribution in [3.63, 3.8) is 0 Å². The van der Waals surface area contributed by atoms with Gasteiger partial charge in [0.05, 0.1) is 18.4 Å². The van der Waals surface area contributed by atoms with Gasteiger partial charge < -0.3 is 9.32 Å². The summed E-state index contributed by atoms with van der Waals surface area (Å²) in [6.45, 7) is 1.68. The molecule has 2 amide bonds. The van der Waals surface area contributed by atoms with Crippen LogP contribution >= 0.6 is 11.3 Å². The first kappa shape index (κ1) is 14.8. The van der Waals surface area contributed by atoms with Crippen LogP contribution in [0.15, 0.2) is 28.2 Å². The molecule has 0 aromatic carbocycles. The Balaban J connectivity index is 1.56. The highest BCUT2D eigenvalue weighted by molar-refractivity contribution is 7.14. The molecule has 1 saturated heterocycles. The SMILES string of the molecule is O=C(Nc1nc(CC(=O)N2CCCCC2)cs1)c1ccco1. The van der Waals surface area contributed by atoms with E-state index in [-0.39, 0.29) is 24.0 Å². The fourth-order valence-corrected chi connectivity index (χ4v) is 3.13. The number of likely N-dealkylation sites (tertiary alicyclic amines) is 1. The van der Waals surface area contributed by atoms with Crippen molar-refractivity contribution in [1.29, 1.82) is 0 Å². The number of aromatic nitrogens is 1. The van der Waals surface area contributed by atoms with E-state index in [1.165, 1.54) is 24.0 Å². The van der Waals surface area contributed by atoms with Gasteiger partial charge in [-0.15, -0.1) is 11.3 Å². The summed E-state index contributed by atoms with van der Waals surface area (Å²) in [5.74, 6) is 0.00307. The van der Waals surface area contributed by atoms with Gasteiger partial charge in [0.25, 0.3) is 5.91 Å². The molecule has 1 N–H and O–H groups in total. The molecule has 3 rings (SSSR count). The number of anilines is 1. The third-order valence-corrected chi connectivity index (χ3v) is 4.36. The molecule has 0 spiro atoms. The lowest BCUT2D eigenvalue weighted by Crippen LogP contribution is -2.36. The topological polar surface area (TPSA) is 75.4 Å². The van der Waals surface area contributed by atoms with Crippen molar-refractivity contribution in [3.05, 3.63) is 35.2 Å². The van der Waals surface area contributed by atoms with Crippen LogP contribution in [-0.2, 0) is 11.2 Å². The van der Waals surface area contributed by atoms with Crippen LogP contribution in [0.4, 0.5) is 5.13 Å². The van der Waals surface area contributed by atoms with Gasteiger partial charge in [0.1, 0.15) is 0 Å². The molecular formula is C15H17N3O3S. The van der Waals surface area contributed by atoms with E-state index in [2.05, 4.69) is 10.3 Å². The summed E-state index contributed by atoms with van der Waals surface area (Å²) in [5, 5.41) is 4.95. The first-order valence-electron chi connectivity index (χ1n) is 7.29. The average molecular weight is 319 g/mol. The molecular weight excluding hydrogens is 302 g/mol. The maximum atomic E-state index is 12.2. The molecule has 0 bridgehead atoms. The second kappa shape index (κ2) is 6.74. The number of carbonyl (C=O) groups is 2.